The fraction of sp³-hybridized carbons (Fsp3) is 0.158. The van der Waals surface area contributed by atoms with Gasteiger partial charge in [-0.1, -0.05) is 34.1 Å². The number of nitrogens with one attached hydrogen (secondary N) is 1. The molecule has 1 heterocycles. The molecule has 0 radical (unpaired) electrons. The van der Waals surface area contributed by atoms with E-state index in [1.165, 1.54) is 12.1 Å². The van der Waals surface area contributed by atoms with Crippen LogP contribution in [0.15, 0.2) is 52.5 Å². The van der Waals surface area contributed by atoms with Crippen molar-refractivity contribution in [2.45, 2.75) is 20.0 Å². The van der Waals surface area contributed by atoms with Gasteiger partial charge in [-0.3, -0.25) is 25.1 Å². The number of nitrogens with zero attached hydrogens (tertiary/aromatic N) is 2. The molecule has 0 saturated carbocycles. The number of hydrogen-bond acceptors (Lipinski definition) is 5. The molecule has 0 atom stereocenters. The maximum atomic E-state index is 12.7. The van der Waals surface area contributed by atoms with E-state index in [4.69, 9.17) is 4.74 Å². The summed E-state index contributed by atoms with van der Waals surface area (Å²) in [5, 5.41) is 12.6. The van der Waals surface area contributed by atoms with Crippen LogP contribution in [0.3, 0.4) is 0 Å². The van der Waals surface area contributed by atoms with E-state index in [1.54, 1.807) is 50.2 Å². The zero-order chi connectivity index (χ0) is 20.4. The molecule has 0 spiro atoms. The first-order chi connectivity index (χ1) is 13.3. The molecule has 1 N–H and O–H groups in total. The zero-order valence-electron chi connectivity index (χ0n) is 15.0. The molecule has 2 aromatic rings. The van der Waals surface area contributed by atoms with E-state index in [1.807, 2.05) is 0 Å². The maximum Gasteiger partial charge on any atom is 0.312 e. The van der Waals surface area contributed by atoms with Crippen LogP contribution in [0.25, 0.3) is 6.08 Å². The Morgan fingerprint density at radius 1 is 1.21 bits per heavy atom. The van der Waals surface area contributed by atoms with Crippen molar-refractivity contribution in [2.24, 2.45) is 0 Å². The highest BCUT2D eigenvalue weighted by Gasteiger charge is 2.35. The number of benzene rings is 2. The van der Waals surface area contributed by atoms with Crippen LogP contribution in [0.4, 0.5) is 11.4 Å². The Labute approximate surface area is 169 Å². The van der Waals surface area contributed by atoms with Crippen molar-refractivity contribution < 1.29 is 19.2 Å². The third-order valence-electron chi connectivity index (χ3n) is 3.82. The zero-order valence-corrected chi connectivity index (χ0v) is 16.6. The molecule has 2 aromatic carbocycles. The van der Waals surface area contributed by atoms with Crippen LogP contribution in [-0.4, -0.2) is 22.8 Å². The second-order valence-electron chi connectivity index (χ2n) is 6.24. The second-order valence-corrected chi connectivity index (χ2v) is 7.16. The van der Waals surface area contributed by atoms with E-state index in [-0.39, 0.29) is 28.7 Å². The van der Waals surface area contributed by atoms with Gasteiger partial charge in [0.1, 0.15) is 5.57 Å². The Bertz CT molecular complexity index is 989. The molecule has 2 amide bonds. The summed E-state index contributed by atoms with van der Waals surface area (Å²) in [4.78, 5) is 36.0. The van der Waals surface area contributed by atoms with Crippen molar-refractivity contribution in [1.29, 1.82) is 0 Å². The minimum Gasteiger partial charge on any atom is -0.484 e. The lowest BCUT2D eigenvalue weighted by Crippen LogP contribution is -2.35. The molecule has 28 heavy (non-hydrogen) atoms. The predicted octanol–water partition coefficient (Wildman–Crippen LogP) is 3.61. The van der Waals surface area contributed by atoms with Gasteiger partial charge < -0.3 is 4.74 Å². The third-order valence-corrected chi connectivity index (χ3v) is 4.28. The quantitative estimate of drug-likeness (QED) is 0.327. The molecular formula is C19H16BrN3O5. The van der Waals surface area contributed by atoms with Gasteiger partial charge in [0.25, 0.3) is 11.8 Å². The van der Waals surface area contributed by atoms with Gasteiger partial charge in [0.15, 0.2) is 0 Å². The fourth-order valence-electron chi connectivity index (χ4n) is 2.68. The average Bonchev–Trinajstić information content (AvgIpc) is 2.92. The number of hydrazine groups is 1. The Kier molecular flexibility index (Phi) is 5.46. The molecule has 0 bridgehead atoms. The van der Waals surface area contributed by atoms with Gasteiger partial charge in [0, 0.05) is 16.1 Å². The minimum atomic E-state index is -0.605. The molecule has 144 valence electrons. The third kappa shape index (κ3) is 3.89. The molecule has 1 aliphatic heterocycles. The molecule has 3 rings (SSSR count). The van der Waals surface area contributed by atoms with E-state index in [2.05, 4.69) is 21.4 Å². The topological polar surface area (TPSA) is 102 Å². The first kappa shape index (κ1) is 19.6. The number of nitro benzene ring substituents is 1. The lowest BCUT2D eigenvalue weighted by atomic mass is 10.1. The largest absolute Gasteiger partial charge is 0.484 e. The molecular weight excluding hydrogens is 430 g/mol. The van der Waals surface area contributed by atoms with Crippen molar-refractivity contribution >= 4 is 45.2 Å². The summed E-state index contributed by atoms with van der Waals surface area (Å²) >= 11 is 3.22. The van der Waals surface area contributed by atoms with Crippen molar-refractivity contribution in [1.82, 2.24) is 5.43 Å². The van der Waals surface area contributed by atoms with Crippen LogP contribution in [0.1, 0.15) is 19.4 Å². The van der Waals surface area contributed by atoms with Crippen LogP contribution in [0, 0.1) is 10.1 Å². The van der Waals surface area contributed by atoms with E-state index in [0.717, 1.165) is 5.01 Å². The van der Waals surface area contributed by atoms with Gasteiger partial charge in [0.05, 0.1) is 16.7 Å². The standard InChI is InChI=1S/C19H16BrN3O5/c1-11(2)28-17-12(8-13(20)10-16(17)23(26)27)9-15-18(24)21-22(19(15)25)14-6-4-3-5-7-14/h3-11H,1-2H3,(H,21,24). The number of rotatable bonds is 5. The normalized spacial score (nSPS) is 15.3. The monoisotopic (exact) mass is 445 g/mol. The van der Waals surface area contributed by atoms with Crippen molar-refractivity contribution in [2.75, 3.05) is 5.01 Å². The van der Waals surface area contributed by atoms with E-state index in [9.17, 15) is 19.7 Å². The summed E-state index contributed by atoms with van der Waals surface area (Å²) in [6, 6.07) is 11.5. The highest BCUT2D eigenvalue weighted by molar-refractivity contribution is 9.10. The molecule has 0 unspecified atom stereocenters. The first-order valence-corrected chi connectivity index (χ1v) is 9.14. The van der Waals surface area contributed by atoms with Crippen LogP contribution >= 0.6 is 15.9 Å². The van der Waals surface area contributed by atoms with E-state index in [0.29, 0.717) is 10.2 Å². The van der Waals surface area contributed by atoms with Crippen LogP contribution < -0.4 is 15.2 Å². The molecule has 9 heteroatoms. The Morgan fingerprint density at radius 2 is 1.89 bits per heavy atom. The fourth-order valence-corrected chi connectivity index (χ4v) is 3.14. The summed E-state index contributed by atoms with van der Waals surface area (Å²) in [6.07, 6.45) is 0.960. The van der Waals surface area contributed by atoms with E-state index < -0.39 is 16.7 Å². The van der Waals surface area contributed by atoms with Gasteiger partial charge >= 0.3 is 5.69 Å². The lowest BCUT2D eigenvalue weighted by molar-refractivity contribution is -0.386. The first-order valence-electron chi connectivity index (χ1n) is 8.34. The van der Waals surface area contributed by atoms with Gasteiger partial charge in [-0.15, -0.1) is 0 Å². The number of hydrogen-bond donors (Lipinski definition) is 1. The lowest BCUT2D eigenvalue weighted by Gasteiger charge is -2.14. The number of halogens is 1. The smallest absolute Gasteiger partial charge is 0.312 e. The van der Waals surface area contributed by atoms with Gasteiger partial charge in [0.2, 0.25) is 5.75 Å². The van der Waals surface area contributed by atoms with Gasteiger partial charge in [-0.2, -0.15) is 0 Å². The number of carbonyl (C=O) groups is 2. The molecule has 1 fully saturated rings. The van der Waals surface area contributed by atoms with Crippen LogP contribution in [-0.2, 0) is 9.59 Å². The Balaban J connectivity index is 2.09. The van der Waals surface area contributed by atoms with E-state index >= 15 is 0 Å². The van der Waals surface area contributed by atoms with Crippen LogP contribution in [0.2, 0.25) is 0 Å². The van der Waals surface area contributed by atoms with Crippen molar-refractivity contribution in [3.05, 3.63) is 68.2 Å². The minimum absolute atomic E-state index is 0.00513. The summed E-state index contributed by atoms with van der Waals surface area (Å²) in [7, 11) is 0. The van der Waals surface area contributed by atoms with Gasteiger partial charge in [-0.05, 0) is 38.1 Å². The molecule has 0 aliphatic carbocycles. The molecule has 1 aliphatic rings. The SMILES string of the molecule is CC(C)Oc1c(C=C2C(=O)NN(c3ccccc3)C2=O)cc(Br)cc1[N+](=O)[O-]. The summed E-state index contributed by atoms with van der Waals surface area (Å²) < 4.78 is 6.05. The number of anilines is 1. The number of amides is 2. The van der Waals surface area contributed by atoms with Gasteiger partial charge in [-0.25, -0.2) is 5.01 Å². The summed E-state index contributed by atoms with van der Waals surface area (Å²) in [6.45, 7) is 3.46. The number of carbonyl (C=O) groups excluding carboxylic acids is 2. The molecule has 0 aromatic heterocycles. The summed E-state index contributed by atoms with van der Waals surface area (Å²) in [5.41, 5.74) is 2.84. The maximum absolute atomic E-state index is 12.7. The van der Waals surface area contributed by atoms with Crippen molar-refractivity contribution in [3.8, 4) is 5.75 Å². The summed E-state index contributed by atoms with van der Waals surface area (Å²) in [5.74, 6) is -1.17. The van der Waals surface area contributed by atoms with Crippen molar-refractivity contribution in [3.63, 3.8) is 0 Å². The molecule has 8 nitrogen and oxygen atoms in total. The second kappa shape index (κ2) is 7.81. The highest BCUT2D eigenvalue weighted by Crippen LogP contribution is 2.37. The predicted molar refractivity (Wildman–Crippen MR) is 107 cm³/mol. The Morgan fingerprint density at radius 3 is 2.50 bits per heavy atom. The number of nitro groups is 1. The van der Waals surface area contributed by atoms with Crippen LogP contribution in [0.5, 0.6) is 5.75 Å². The highest BCUT2D eigenvalue weighted by atomic mass is 79.9. The molecule has 1 saturated heterocycles. The average molecular weight is 446 g/mol. The number of ether oxygens (including phenoxy) is 1. The number of para-hydroxylation sites is 1. The Hall–Kier alpha value is -3.20.